The fourth-order valence-corrected chi connectivity index (χ4v) is 2.62. The Balaban J connectivity index is 1.90. The second kappa shape index (κ2) is 6.48. The van der Waals surface area contributed by atoms with Crippen molar-refractivity contribution in [2.24, 2.45) is 0 Å². The number of carbonyl (C=O) groups is 1. The highest BCUT2D eigenvalue weighted by Gasteiger charge is 2.05. The average Bonchev–Trinajstić information content (AvgIpc) is 2.40. The van der Waals surface area contributed by atoms with Gasteiger partial charge in [0, 0.05) is 16.3 Å². The largest absolute Gasteiger partial charge is 0.399 e. The third-order valence-electron chi connectivity index (χ3n) is 2.89. The lowest BCUT2D eigenvalue weighted by Gasteiger charge is -2.08. The molecule has 2 rings (SSSR count). The number of amides is 1. The number of aryl methyl sites for hydroxylation is 2. The molecule has 3 nitrogen and oxygen atoms in total. The van der Waals surface area contributed by atoms with E-state index in [-0.39, 0.29) is 5.91 Å². The highest BCUT2D eigenvalue weighted by atomic mass is 32.2. The minimum absolute atomic E-state index is 0.00456. The maximum absolute atomic E-state index is 11.9. The van der Waals surface area contributed by atoms with E-state index in [9.17, 15) is 4.79 Å². The molecule has 0 aliphatic carbocycles. The smallest absolute Gasteiger partial charge is 0.234 e. The van der Waals surface area contributed by atoms with Crippen LogP contribution in [-0.2, 0) is 4.79 Å². The van der Waals surface area contributed by atoms with Gasteiger partial charge >= 0.3 is 0 Å². The summed E-state index contributed by atoms with van der Waals surface area (Å²) in [4.78, 5) is 13.0. The van der Waals surface area contributed by atoms with Crippen LogP contribution in [-0.4, -0.2) is 11.7 Å². The predicted molar refractivity (Wildman–Crippen MR) is 86.1 cm³/mol. The molecule has 0 atom stereocenters. The predicted octanol–water partition coefficient (Wildman–Crippen LogP) is 3.62. The number of benzene rings is 2. The van der Waals surface area contributed by atoms with E-state index < -0.39 is 0 Å². The van der Waals surface area contributed by atoms with E-state index in [1.165, 1.54) is 17.3 Å². The monoisotopic (exact) mass is 286 g/mol. The zero-order valence-electron chi connectivity index (χ0n) is 11.6. The van der Waals surface area contributed by atoms with E-state index in [0.717, 1.165) is 21.8 Å². The number of rotatable bonds is 4. The summed E-state index contributed by atoms with van der Waals surface area (Å²) in [5.41, 5.74) is 9.56. The summed E-state index contributed by atoms with van der Waals surface area (Å²) in [6.45, 7) is 4.02. The van der Waals surface area contributed by atoms with Crippen LogP contribution in [0.1, 0.15) is 11.1 Å². The maximum Gasteiger partial charge on any atom is 0.234 e. The summed E-state index contributed by atoms with van der Waals surface area (Å²) < 4.78 is 0. The first-order valence-electron chi connectivity index (χ1n) is 6.40. The van der Waals surface area contributed by atoms with E-state index in [2.05, 4.69) is 5.32 Å². The van der Waals surface area contributed by atoms with E-state index in [4.69, 9.17) is 5.73 Å². The van der Waals surface area contributed by atoms with Gasteiger partial charge in [-0.05, 0) is 49.7 Å². The first-order valence-corrected chi connectivity index (χ1v) is 7.38. The van der Waals surface area contributed by atoms with Gasteiger partial charge in [-0.3, -0.25) is 4.79 Å². The van der Waals surface area contributed by atoms with Crippen LogP contribution in [0.25, 0.3) is 0 Å². The summed E-state index contributed by atoms with van der Waals surface area (Å²) in [6.07, 6.45) is 0. The molecular formula is C16H18N2OS. The number of hydrogen-bond acceptors (Lipinski definition) is 3. The Morgan fingerprint density at radius 2 is 1.85 bits per heavy atom. The SMILES string of the molecule is Cc1ccc(NC(=O)CSc2ccc(N)cc2C)cc1. The Morgan fingerprint density at radius 3 is 2.50 bits per heavy atom. The molecule has 0 radical (unpaired) electrons. The van der Waals surface area contributed by atoms with Crippen LogP contribution in [0.4, 0.5) is 11.4 Å². The van der Waals surface area contributed by atoms with Gasteiger partial charge in [0.25, 0.3) is 0 Å². The molecule has 0 saturated heterocycles. The molecule has 0 saturated carbocycles. The Bertz CT molecular complexity index is 608. The van der Waals surface area contributed by atoms with Gasteiger partial charge in [0.15, 0.2) is 0 Å². The molecule has 0 bridgehead atoms. The molecule has 2 aromatic carbocycles. The van der Waals surface area contributed by atoms with Crippen molar-refractivity contribution in [2.45, 2.75) is 18.7 Å². The van der Waals surface area contributed by atoms with Gasteiger partial charge in [0.05, 0.1) is 5.75 Å². The van der Waals surface area contributed by atoms with Gasteiger partial charge in [-0.25, -0.2) is 0 Å². The van der Waals surface area contributed by atoms with Crippen molar-refractivity contribution in [1.82, 2.24) is 0 Å². The summed E-state index contributed by atoms with van der Waals surface area (Å²) in [5, 5.41) is 2.89. The number of nitrogen functional groups attached to an aromatic ring is 1. The minimum Gasteiger partial charge on any atom is -0.399 e. The van der Waals surface area contributed by atoms with Crippen LogP contribution in [0, 0.1) is 13.8 Å². The molecule has 0 spiro atoms. The van der Waals surface area contributed by atoms with Crippen molar-refractivity contribution in [1.29, 1.82) is 0 Å². The molecule has 0 aliphatic rings. The Hall–Kier alpha value is -1.94. The Kier molecular flexibility index (Phi) is 4.69. The zero-order valence-corrected chi connectivity index (χ0v) is 12.5. The third-order valence-corrected chi connectivity index (χ3v) is 4.07. The normalized spacial score (nSPS) is 10.3. The Morgan fingerprint density at radius 1 is 1.15 bits per heavy atom. The molecule has 0 aliphatic heterocycles. The second-order valence-electron chi connectivity index (χ2n) is 4.73. The fourth-order valence-electron chi connectivity index (χ4n) is 1.81. The molecule has 0 unspecified atom stereocenters. The molecule has 0 fully saturated rings. The number of anilines is 2. The average molecular weight is 286 g/mol. The van der Waals surface area contributed by atoms with Crippen molar-refractivity contribution >= 4 is 29.0 Å². The standard InChI is InChI=1S/C16H18N2OS/c1-11-3-6-14(7-4-11)18-16(19)10-20-15-8-5-13(17)9-12(15)2/h3-9H,10,17H2,1-2H3,(H,18,19). The van der Waals surface area contributed by atoms with E-state index in [1.807, 2.05) is 56.3 Å². The summed E-state index contributed by atoms with van der Waals surface area (Å²) >= 11 is 1.52. The highest BCUT2D eigenvalue weighted by molar-refractivity contribution is 8.00. The number of nitrogens with two attached hydrogens (primary N) is 1. The lowest BCUT2D eigenvalue weighted by molar-refractivity contribution is -0.113. The van der Waals surface area contributed by atoms with Gasteiger partial charge in [-0.15, -0.1) is 11.8 Å². The first-order chi connectivity index (χ1) is 9.54. The van der Waals surface area contributed by atoms with Crippen molar-refractivity contribution < 1.29 is 4.79 Å². The number of nitrogens with one attached hydrogen (secondary N) is 1. The number of thioether (sulfide) groups is 1. The summed E-state index contributed by atoms with van der Waals surface area (Å²) in [7, 11) is 0. The number of hydrogen-bond donors (Lipinski definition) is 2. The minimum atomic E-state index is -0.00456. The van der Waals surface area contributed by atoms with Gasteiger partial charge in [-0.1, -0.05) is 17.7 Å². The Labute approximate surface area is 123 Å². The van der Waals surface area contributed by atoms with Crippen LogP contribution in [0.3, 0.4) is 0 Å². The van der Waals surface area contributed by atoms with Crippen LogP contribution < -0.4 is 11.1 Å². The molecule has 2 aromatic rings. The molecule has 20 heavy (non-hydrogen) atoms. The van der Waals surface area contributed by atoms with Gasteiger partial charge in [-0.2, -0.15) is 0 Å². The third kappa shape index (κ3) is 4.03. The van der Waals surface area contributed by atoms with Gasteiger partial charge < -0.3 is 11.1 Å². The first kappa shape index (κ1) is 14.5. The highest BCUT2D eigenvalue weighted by Crippen LogP contribution is 2.24. The van der Waals surface area contributed by atoms with Crippen molar-refractivity contribution in [3.63, 3.8) is 0 Å². The topological polar surface area (TPSA) is 55.1 Å². The molecule has 1 amide bonds. The zero-order chi connectivity index (χ0) is 14.5. The van der Waals surface area contributed by atoms with Crippen LogP contribution in [0.2, 0.25) is 0 Å². The fraction of sp³-hybridized carbons (Fsp3) is 0.188. The summed E-state index contributed by atoms with van der Waals surface area (Å²) in [6, 6.07) is 13.5. The maximum atomic E-state index is 11.9. The van der Waals surface area contributed by atoms with Crippen LogP contribution >= 0.6 is 11.8 Å². The summed E-state index contributed by atoms with van der Waals surface area (Å²) in [5.74, 6) is 0.383. The van der Waals surface area contributed by atoms with Crippen molar-refractivity contribution in [3.8, 4) is 0 Å². The van der Waals surface area contributed by atoms with Gasteiger partial charge in [0.1, 0.15) is 0 Å². The van der Waals surface area contributed by atoms with E-state index in [1.54, 1.807) is 0 Å². The lowest BCUT2D eigenvalue weighted by atomic mass is 10.2. The molecule has 3 N–H and O–H groups in total. The van der Waals surface area contributed by atoms with Crippen LogP contribution in [0.15, 0.2) is 47.4 Å². The molecular weight excluding hydrogens is 268 g/mol. The molecule has 0 heterocycles. The molecule has 4 heteroatoms. The second-order valence-corrected chi connectivity index (χ2v) is 5.74. The van der Waals surface area contributed by atoms with Crippen LogP contribution in [0.5, 0.6) is 0 Å². The molecule has 104 valence electrons. The quantitative estimate of drug-likeness (QED) is 0.667. The van der Waals surface area contributed by atoms with E-state index >= 15 is 0 Å². The lowest BCUT2D eigenvalue weighted by Crippen LogP contribution is -2.14. The van der Waals surface area contributed by atoms with Crippen molar-refractivity contribution in [3.05, 3.63) is 53.6 Å². The molecule has 0 aromatic heterocycles. The van der Waals surface area contributed by atoms with Crippen molar-refractivity contribution in [2.75, 3.05) is 16.8 Å². The van der Waals surface area contributed by atoms with Gasteiger partial charge in [0.2, 0.25) is 5.91 Å². The van der Waals surface area contributed by atoms with E-state index in [0.29, 0.717) is 5.75 Å². The number of carbonyl (C=O) groups excluding carboxylic acids is 1.